The zero-order valence-electron chi connectivity index (χ0n) is 7.58. The number of amides is 1. The van der Waals surface area contributed by atoms with Crippen LogP contribution in [-0.4, -0.2) is 48.7 Å². The topological polar surface area (TPSA) is 52.6 Å². The molecule has 12 heavy (non-hydrogen) atoms. The number of nitrogens with zero attached hydrogens (tertiary/aromatic N) is 1. The Hall–Kier alpha value is -0.610. The van der Waals surface area contributed by atoms with E-state index in [1.54, 1.807) is 19.0 Å². The summed E-state index contributed by atoms with van der Waals surface area (Å²) in [7, 11) is 3.45. The molecule has 0 radical (unpaired) electrons. The lowest BCUT2D eigenvalue weighted by molar-refractivity contribution is -0.132. The summed E-state index contributed by atoms with van der Waals surface area (Å²) in [5.41, 5.74) is 0. The van der Waals surface area contributed by atoms with E-state index in [0.29, 0.717) is 6.42 Å². The number of likely N-dealkylation sites (N-methyl/N-ethyl adjacent to an activating group) is 1. The van der Waals surface area contributed by atoms with Crippen LogP contribution in [0.1, 0.15) is 12.8 Å². The van der Waals surface area contributed by atoms with Crippen molar-refractivity contribution in [2.24, 2.45) is 0 Å². The molecular weight excluding hydrogens is 156 g/mol. The Kier molecular flexibility index (Phi) is 3.05. The molecule has 4 nitrogen and oxygen atoms in total. The van der Waals surface area contributed by atoms with E-state index in [1.807, 2.05) is 0 Å². The van der Waals surface area contributed by atoms with Gasteiger partial charge in [-0.05, 0) is 19.4 Å². The number of hydrogen-bond donors (Lipinski definition) is 2. The van der Waals surface area contributed by atoms with Gasteiger partial charge >= 0.3 is 0 Å². The van der Waals surface area contributed by atoms with E-state index >= 15 is 0 Å². The molecular formula is C8H16N2O2. The molecule has 1 amide bonds. The summed E-state index contributed by atoms with van der Waals surface area (Å²) in [6, 6.07) is -0.191. The molecule has 0 spiro atoms. The first-order valence-corrected chi connectivity index (χ1v) is 4.24. The Balaban J connectivity index is 2.46. The molecule has 0 aliphatic carbocycles. The molecule has 1 heterocycles. The average Bonchev–Trinajstić information content (AvgIpc) is 2.03. The molecule has 1 rings (SSSR count). The van der Waals surface area contributed by atoms with Crippen LogP contribution in [0.2, 0.25) is 0 Å². The number of aliphatic hydroxyl groups excluding tert-OH is 1. The van der Waals surface area contributed by atoms with Crippen LogP contribution < -0.4 is 5.32 Å². The summed E-state index contributed by atoms with van der Waals surface area (Å²) in [4.78, 5) is 12.9. The summed E-state index contributed by atoms with van der Waals surface area (Å²) in [5.74, 6) is 0.0498. The Morgan fingerprint density at radius 3 is 2.75 bits per heavy atom. The number of piperidine rings is 1. The second-order valence-corrected chi connectivity index (χ2v) is 3.42. The minimum Gasteiger partial charge on any atom is -0.393 e. The van der Waals surface area contributed by atoms with Gasteiger partial charge in [0.1, 0.15) is 0 Å². The van der Waals surface area contributed by atoms with E-state index in [9.17, 15) is 9.90 Å². The number of rotatable bonds is 1. The first-order chi connectivity index (χ1) is 5.61. The lowest BCUT2D eigenvalue weighted by atomic mass is 10.0. The molecule has 4 heteroatoms. The maximum Gasteiger partial charge on any atom is 0.239 e. The van der Waals surface area contributed by atoms with Gasteiger partial charge in [0.05, 0.1) is 12.1 Å². The van der Waals surface area contributed by atoms with E-state index < -0.39 is 0 Å². The summed E-state index contributed by atoms with van der Waals surface area (Å²) in [6.07, 6.45) is 0.967. The van der Waals surface area contributed by atoms with E-state index in [1.165, 1.54) is 0 Å². The first kappa shape index (κ1) is 9.48. The number of aliphatic hydroxyl groups is 1. The van der Waals surface area contributed by atoms with Crippen LogP contribution in [-0.2, 0) is 4.79 Å². The molecule has 1 saturated heterocycles. The van der Waals surface area contributed by atoms with Crippen molar-refractivity contribution >= 4 is 5.91 Å². The second kappa shape index (κ2) is 3.87. The van der Waals surface area contributed by atoms with E-state index in [4.69, 9.17) is 0 Å². The van der Waals surface area contributed by atoms with Gasteiger partial charge in [0.15, 0.2) is 0 Å². The maximum absolute atomic E-state index is 11.4. The van der Waals surface area contributed by atoms with Gasteiger partial charge in [0.25, 0.3) is 0 Å². The smallest absolute Gasteiger partial charge is 0.239 e. The van der Waals surface area contributed by atoms with Gasteiger partial charge in [-0.3, -0.25) is 4.79 Å². The quantitative estimate of drug-likeness (QED) is 0.544. The van der Waals surface area contributed by atoms with Gasteiger partial charge in [0, 0.05) is 14.1 Å². The van der Waals surface area contributed by atoms with Crippen LogP contribution >= 0.6 is 0 Å². The molecule has 0 saturated carbocycles. The molecule has 0 bridgehead atoms. The molecule has 0 aromatic carbocycles. The number of carbonyl (C=O) groups excluding carboxylic acids is 1. The van der Waals surface area contributed by atoms with Crippen LogP contribution in [0.5, 0.6) is 0 Å². The summed E-state index contributed by atoms with van der Waals surface area (Å²) >= 11 is 0. The van der Waals surface area contributed by atoms with Crippen molar-refractivity contribution in [1.29, 1.82) is 0 Å². The van der Waals surface area contributed by atoms with Crippen LogP contribution in [0.25, 0.3) is 0 Å². The first-order valence-electron chi connectivity index (χ1n) is 4.24. The third kappa shape index (κ3) is 2.19. The summed E-state index contributed by atoms with van der Waals surface area (Å²) < 4.78 is 0. The predicted molar refractivity (Wildman–Crippen MR) is 45.7 cm³/mol. The van der Waals surface area contributed by atoms with Crippen LogP contribution in [0.15, 0.2) is 0 Å². The van der Waals surface area contributed by atoms with Gasteiger partial charge in [0.2, 0.25) is 5.91 Å². The van der Waals surface area contributed by atoms with E-state index in [0.717, 1.165) is 13.0 Å². The van der Waals surface area contributed by atoms with Crippen molar-refractivity contribution in [2.75, 3.05) is 20.6 Å². The highest BCUT2D eigenvalue weighted by molar-refractivity contribution is 5.81. The Morgan fingerprint density at radius 2 is 2.25 bits per heavy atom. The van der Waals surface area contributed by atoms with Gasteiger partial charge in [-0.15, -0.1) is 0 Å². The Bertz CT molecular complexity index is 170. The van der Waals surface area contributed by atoms with Gasteiger partial charge in [-0.25, -0.2) is 0 Å². The fraction of sp³-hybridized carbons (Fsp3) is 0.875. The van der Waals surface area contributed by atoms with E-state index in [2.05, 4.69) is 5.32 Å². The SMILES string of the molecule is CN(C)C(=O)C1CC(O)CCN1. The molecule has 1 fully saturated rings. The predicted octanol–water partition coefficient (Wildman–Crippen LogP) is -0.813. The van der Waals surface area contributed by atoms with Gasteiger partial charge in [-0.2, -0.15) is 0 Å². The van der Waals surface area contributed by atoms with Crippen LogP contribution in [0.3, 0.4) is 0 Å². The standard InChI is InChI=1S/C8H16N2O2/c1-10(2)8(12)7-5-6(11)3-4-9-7/h6-7,9,11H,3-5H2,1-2H3. The lowest BCUT2D eigenvalue weighted by Gasteiger charge is -2.28. The Labute approximate surface area is 72.6 Å². The molecule has 0 aromatic heterocycles. The van der Waals surface area contributed by atoms with Crippen molar-refractivity contribution in [3.05, 3.63) is 0 Å². The van der Waals surface area contributed by atoms with Gasteiger partial charge < -0.3 is 15.3 Å². The normalized spacial score (nSPS) is 29.9. The molecule has 2 atom stereocenters. The van der Waals surface area contributed by atoms with Crippen molar-refractivity contribution in [3.8, 4) is 0 Å². The minimum atomic E-state index is -0.319. The monoisotopic (exact) mass is 172 g/mol. The lowest BCUT2D eigenvalue weighted by Crippen LogP contribution is -2.49. The van der Waals surface area contributed by atoms with Crippen LogP contribution in [0.4, 0.5) is 0 Å². The zero-order chi connectivity index (χ0) is 9.14. The molecule has 1 aliphatic heterocycles. The van der Waals surface area contributed by atoms with Crippen molar-refractivity contribution in [1.82, 2.24) is 10.2 Å². The fourth-order valence-electron chi connectivity index (χ4n) is 1.40. The average molecular weight is 172 g/mol. The largest absolute Gasteiger partial charge is 0.393 e. The molecule has 0 aromatic rings. The van der Waals surface area contributed by atoms with E-state index in [-0.39, 0.29) is 18.1 Å². The van der Waals surface area contributed by atoms with Crippen molar-refractivity contribution in [2.45, 2.75) is 25.0 Å². The van der Waals surface area contributed by atoms with Gasteiger partial charge in [-0.1, -0.05) is 0 Å². The summed E-state index contributed by atoms with van der Waals surface area (Å²) in [5, 5.41) is 12.4. The second-order valence-electron chi connectivity index (χ2n) is 3.42. The molecule has 70 valence electrons. The molecule has 2 unspecified atom stereocenters. The number of nitrogens with one attached hydrogen (secondary N) is 1. The zero-order valence-corrected chi connectivity index (χ0v) is 7.58. The number of carbonyl (C=O) groups is 1. The minimum absolute atomic E-state index is 0.0498. The number of hydrogen-bond acceptors (Lipinski definition) is 3. The van der Waals surface area contributed by atoms with Crippen molar-refractivity contribution in [3.63, 3.8) is 0 Å². The summed E-state index contributed by atoms with van der Waals surface area (Å²) in [6.45, 7) is 0.728. The maximum atomic E-state index is 11.4. The highest BCUT2D eigenvalue weighted by Gasteiger charge is 2.26. The molecule has 1 aliphatic rings. The highest BCUT2D eigenvalue weighted by atomic mass is 16.3. The third-order valence-corrected chi connectivity index (χ3v) is 2.11. The van der Waals surface area contributed by atoms with Crippen molar-refractivity contribution < 1.29 is 9.90 Å². The highest BCUT2D eigenvalue weighted by Crippen LogP contribution is 2.09. The van der Waals surface area contributed by atoms with Crippen LogP contribution in [0, 0.1) is 0 Å². The fourth-order valence-corrected chi connectivity index (χ4v) is 1.40. The Morgan fingerprint density at radius 1 is 1.58 bits per heavy atom. The molecule has 2 N–H and O–H groups in total. The third-order valence-electron chi connectivity index (χ3n) is 2.11.